The highest BCUT2D eigenvalue weighted by Gasteiger charge is 2.06. The van der Waals surface area contributed by atoms with Crippen molar-refractivity contribution in [3.05, 3.63) is 61.9 Å². The summed E-state index contributed by atoms with van der Waals surface area (Å²) in [7, 11) is 0. The van der Waals surface area contributed by atoms with E-state index in [9.17, 15) is 0 Å². The minimum Gasteiger partial charge on any atom is -0.331 e. The second-order valence-corrected chi connectivity index (χ2v) is 7.21. The Morgan fingerprint density at radius 3 is 2.52 bits per heavy atom. The lowest BCUT2D eigenvalue weighted by Crippen LogP contribution is -2.00. The van der Waals surface area contributed by atoms with Crippen molar-refractivity contribution < 1.29 is 0 Å². The van der Waals surface area contributed by atoms with Crippen LogP contribution in [0.3, 0.4) is 0 Å². The zero-order chi connectivity index (χ0) is 15.0. The monoisotopic (exact) mass is 408 g/mol. The summed E-state index contributed by atoms with van der Waals surface area (Å²) in [4.78, 5) is 3.29. The van der Waals surface area contributed by atoms with Crippen LogP contribution in [0, 0.1) is 8.34 Å². The molecule has 0 bridgehead atoms. The zero-order valence-electron chi connectivity index (χ0n) is 12.1. The van der Waals surface area contributed by atoms with Crippen molar-refractivity contribution in [2.24, 2.45) is 0 Å². The van der Waals surface area contributed by atoms with Gasteiger partial charge in [-0.3, -0.25) is 0 Å². The largest absolute Gasteiger partial charge is 0.331 e. The van der Waals surface area contributed by atoms with E-state index in [4.69, 9.17) is 12.2 Å². The lowest BCUT2D eigenvalue weighted by atomic mass is 10.0. The van der Waals surface area contributed by atoms with Crippen molar-refractivity contribution in [3.63, 3.8) is 0 Å². The molecule has 108 valence electrons. The van der Waals surface area contributed by atoms with Gasteiger partial charge in [0.2, 0.25) is 0 Å². The van der Waals surface area contributed by atoms with E-state index in [1.807, 2.05) is 0 Å². The van der Waals surface area contributed by atoms with Gasteiger partial charge in [-0.15, -0.1) is 0 Å². The number of hydrogen-bond acceptors (Lipinski definition) is 1. The average Bonchev–Trinajstić information content (AvgIpc) is 2.75. The molecule has 0 amide bonds. The Hall–Kier alpha value is -1.14. The van der Waals surface area contributed by atoms with E-state index in [1.165, 1.54) is 14.7 Å². The van der Waals surface area contributed by atoms with Gasteiger partial charge in [0.1, 0.15) is 0 Å². The number of nitrogens with zero attached hydrogens (tertiary/aromatic N) is 1. The average molecular weight is 408 g/mol. The summed E-state index contributed by atoms with van der Waals surface area (Å²) in [5, 5.41) is 0. The second-order valence-electron chi connectivity index (χ2n) is 5.57. The number of nitrogens with one attached hydrogen (secondary N) is 1. The summed E-state index contributed by atoms with van der Waals surface area (Å²) < 4.78 is 4.15. The Labute approximate surface area is 143 Å². The molecular weight excluding hydrogens is 391 g/mol. The van der Waals surface area contributed by atoms with E-state index in [-0.39, 0.29) is 0 Å². The maximum atomic E-state index is 5.47. The fourth-order valence-electron chi connectivity index (χ4n) is 2.48. The number of hydrogen-bond donors (Lipinski definition) is 1. The van der Waals surface area contributed by atoms with Gasteiger partial charge < -0.3 is 9.55 Å². The minimum absolute atomic E-state index is 0.566. The Morgan fingerprint density at radius 2 is 1.86 bits per heavy atom. The molecule has 0 saturated carbocycles. The smallest absolute Gasteiger partial charge is 0.178 e. The molecule has 1 heterocycles. The number of fused-ring (bicyclic) bond motifs is 1. The van der Waals surface area contributed by atoms with E-state index >= 15 is 0 Å². The summed E-state index contributed by atoms with van der Waals surface area (Å²) in [5.74, 6) is 0.566. The first-order chi connectivity index (χ1) is 10.0. The fraction of sp³-hybridized carbons (Fsp3) is 0.235. The van der Waals surface area contributed by atoms with Gasteiger partial charge >= 0.3 is 0 Å². The molecule has 0 fully saturated rings. The van der Waals surface area contributed by atoms with Gasteiger partial charge in [-0.1, -0.05) is 38.1 Å². The summed E-state index contributed by atoms with van der Waals surface area (Å²) in [6, 6.07) is 15.2. The third-order valence-electron chi connectivity index (χ3n) is 3.72. The third-order valence-corrected chi connectivity index (χ3v) is 4.72. The molecule has 1 aromatic heterocycles. The first kappa shape index (κ1) is 14.8. The van der Waals surface area contributed by atoms with Crippen molar-refractivity contribution in [2.45, 2.75) is 26.3 Å². The van der Waals surface area contributed by atoms with Crippen LogP contribution in [0.4, 0.5) is 0 Å². The summed E-state index contributed by atoms with van der Waals surface area (Å²) in [6.45, 7) is 5.23. The quantitative estimate of drug-likeness (QED) is 0.450. The number of halogens is 1. The van der Waals surface area contributed by atoms with Crippen LogP contribution in [0.1, 0.15) is 30.9 Å². The number of aromatic nitrogens is 2. The molecule has 21 heavy (non-hydrogen) atoms. The lowest BCUT2D eigenvalue weighted by molar-refractivity contribution is 0.806. The minimum atomic E-state index is 0.566. The van der Waals surface area contributed by atoms with Gasteiger partial charge in [-0.2, -0.15) is 0 Å². The van der Waals surface area contributed by atoms with Crippen molar-refractivity contribution in [3.8, 4) is 0 Å². The van der Waals surface area contributed by atoms with Crippen LogP contribution >= 0.6 is 34.8 Å². The first-order valence-corrected chi connectivity index (χ1v) is 8.50. The van der Waals surface area contributed by atoms with Crippen LogP contribution in [0.25, 0.3) is 11.0 Å². The molecule has 0 spiro atoms. The lowest BCUT2D eigenvalue weighted by Gasteiger charge is -2.08. The van der Waals surface area contributed by atoms with Crippen molar-refractivity contribution in [2.75, 3.05) is 0 Å². The first-order valence-electron chi connectivity index (χ1n) is 7.01. The molecule has 0 aliphatic heterocycles. The molecule has 0 aliphatic rings. The van der Waals surface area contributed by atoms with Gasteiger partial charge in [0.15, 0.2) is 4.77 Å². The van der Waals surface area contributed by atoms with Crippen LogP contribution in [0.5, 0.6) is 0 Å². The molecule has 4 heteroatoms. The van der Waals surface area contributed by atoms with Crippen molar-refractivity contribution in [1.82, 2.24) is 9.55 Å². The van der Waals surface area contributed by atoms with E-state index in [2.05, 4.69) is 88.5 Å². The maximum Gasteiger partial charge on any atom is 0.178 e. The van der Waals surface area contributed by atoms with Crippen LogP contribution in [-0.4, -0.2) is 9.55 Å². The molecule has 2 nitrogen and oxygen atoms in total. The predicted octanol–water partition coefficient (Wildman–Crippen LogP) is 5.48. The number of rotatable bonds is 3. The van der Waals surface area contributed by atoms with E-state index in [1.54, 1.807) is 0 Å². The Balaban J connectivity index is 1.98. The zero-order valence-corrected chi connectivity index (χ0v) is 15.0. The van der Waals surface area contributed by atoms with Gasteiger partial charge in [-0.25, -0.2) is 0 Å². The number of H-pyrrole nitrogens is 1. The molecule has 2 aromatic carbocycles. The highest BCUT2D eigenvalue weighted by Crippen LogP contribution is 2.20. The normalized spacial score (nSPS) is 11.4. The number of benzene rings is 2. The topological polar surface area (TPSA) is 20.7 Å². The highest BCUT2D eigenvalue weighted by atomic mass is 127. The summed E-state index contributed by atoms with van der Waals surface area (Å²) in [6.07, 6.45) is 0. The van der Waals surface area contributed by atoms with Gasteiger partial charge in [0.05, 0.1) is 17.6 Å². The summed E-state index contributed by atoms with van der Waals surface area (Å²) in [5.41, 5.74) is 4.91. The van der Waals surface area contributed by atoms with Gasteiger partial charge in [0, 0.05) is 3.57 Å². The Bertz CT molecular complexity index is 828. The predicted molar refractivity (Wildman–Crippen MR) is 99.5 cm³/mol. The number of imidazole rings is 1. The van der Waals surface area contributed by atoms with Gasteiger partial charge in [-0.05, 0) is 70.1 Å². The van der Waals surface area contributed by atoms with Crippen LogP contribution < -0.4 is 0 Å². The molecular formula is C17H17IN2S. The molecule has 0 unspecified atom stereocenters. The van der Waals surface area contributed by atoms with Gasteiger partial charge in [0.25, 0.3) is 0 Å². The van der Waals surface area contributed by atoms with Crippen molar-refractivity contribution in [1.29, 1.82) is 0 Å². The summed E-state index contributed by atoms with van der Waals surface area (Å²) >= 11 is 7.79. The maximum absolute atomic E-state index is 5.47. The van der Waals surface area contributed by atoms with Crippen LogP contribution in [-0.2, 0) is 6.54 Å². The molecule has 0 atom stereocenters. The Morgan fingerprint density at radius 1 is 1.14 bits per heavy atom. The molecule has 0 saturated heterocycles. The molecule has 3 rings (SSSR count). The second kappa shape index (κ2) is 5.93. The molecule has 0 radical (unpaired) electrons. The SMILES string of the molecule is CC(C)c1ccc(Cn2c(=S)[nH]c3cc(I)ccc32)cc1. The van der Waals surface area contributed by atoms with E-state index < -0.39 is 0 Å². The molecule has 1 N–H and O–H groups in total. The van der Waals surface area contributed by atoms with Crippen LogP contribution in [0.2, 0.25) is 0 Å². The van der Waals surface area contributed by atoms with E-state index in [0.29, 0.717) is 5.92 Å². The van der Waals surface area contributed by atoms with E-state index in [0.717, 1.165) is 22.3 Å². The van der Waals surface area contributed by atoms with Crippen molar-refractivity contribution >= 4 is 45.8 Å². The number of aromatic amines is 1. The molecule has 0 aliphatic carbocycles. The van der Waals surface area contributed by atoms with Crippen LogP contribution in [0.15, 0.2) is 42.5 Å². The molecule has 3 aromatic rings. The third kappa shape index (κ3) is 3.06. The Kier molecular flexibility index (Phi) is 4.17. The highest BCUT2D eigenvalue weighted by molar-refractivity contribution is 14.1. The fourth-order valence-corrected chi connectivity index (χ4v) is 3.25. The standard InChI is InChI=1S/C17H17IN2S/c1-11(2)13-5-3-12(4-6-13)10-20-16-8-7-14(18)9-15(16)19-17(20)21/h3-9,11H,10H2,1-2H3,(H,19,21).